The molecule has 0 bridgehead atoms. The number of benzene rings is 1. The van der Waals surface area contributed by atoms with E-state index in [-0.39, 0.29) is 24.2 Å². The van der Waals surface area contributed by atoms with Crippen LogP contribution in [-0.4, -0.2) is 28.3 Å². The van der Waals surface area contributed by atoms with Gasteiger partial charge < -0.3 is 5.32 Å². The van der Waals surface area contributed by atoms with Crippen LogP contribution in [0.4, 0.5) is 5.13 Å². The normalized spacial score (nSPS) is 17.2. The number of carbonyl (C=O) groups is 2. The molecule has 2 amide bonds. The van der Waals surface area contributed by atoms with E-state index >= 15 is 0 Å². The predicted molar refractivity (Wildman–Crippen MR) is 104 cm³/mol. The first-order valence-corrected chi connectivity index (χ1v) is 10.0. The van der Waals surface area contributed by atoms with Gasteiger partial charge in [-0.1, -0.05) is 23.5 Å². The third kappa shape index (κ3) is 3.22. The Morgan fingerprint density at radius 1 is 1.27 bits per heavy atom. The Hall–Kier alpha value is -2.32. The van der Waals surface area contributed by atoms with Gasteiger partial charge in [0.15, 0.2) is 5.13 Å². The molecule has 1 aliphatic rings. The van der Waals surface area contributed by atoms with Crippen molar-refractivity contribution in [2.75, 3.05) is 11.4 Å². The average Bonchev–Trinajstić information content (AvgIpc) is 3.28. The van der Waals surface area contributed by atoms with Gasteiger partial charge in [-0.2, -0.15) is 0 Å². The summed E-state index contributed by atoms with van der Waals surface area (Å²) in [6, 6.07) is 7.80. The van der Waals surface area contributed by atoms with Gasteiger partial charge in [-0.15, -0.1) is 11.3 Å². The molecule has 8 heteroatoms. The van der Waals surface area contributed by atoms with Crippen LogP contribution >= 0.6 is 22.7 Å². The first kappa shape index (κ1) is 17.1. The largest absolute Gasteiger partial charge is 0.351 e. The maximum absolute atomic E-state index is 12.5. The van der Waals surface area contributed by atoms with Crippen LogP contribution in [0.1, 0.15) is 22.0 Å². The molecule has 1 atom stereocenters. The summed E-state index contributed by atoms with van der Waals surface area (Å²) < 4.78 is 1.04. The van der Waals surface area contributed by atoms with Gasteiger partial charge in [-0.25, -0.2) is 9.97 Å². The SMILES string of the molecule is Cc1nc(C)c(CNC(=O)C2CC(=O)N(c3nc4ccccc4s3)C2)s1. The van der Waals surface area contributed by atoms with Gasteiger partial charge in [0.1, 0.15) is 0 Å². The minimum atomic E-state index is -0.344. The van der Waals surface area contributed by atoms with E-state index in [1.165, 1.54) is 11.3 Å². The fourth-order valence-electron chi connectivity index (χ4n) is 3.09. The molecular weight excluding hydrogens is 368 g/mol. The van der Waals surface area contributed by atoms with Gasteiger partial charge in [-0.05, 0) is 26.0 Å². The molecule has 3 aromatic rings. The van der Waals surface area contributed by atoms with E-state index in [1.54, 1.807) is 16.2 Å². The van der Waals surface area contributed by atoms with E-state index in [4.69, 9.17) is 0 Å². The van der Waals surface area contributed by atoms with Gasteiger partial charge >= 0.3 is 0 Å². The molecule has 0 saturated carbocycles. The smallest absolute Gasteiger partial charge is 0.229 e. The van der Waals surface area contributed by atoms with Gasteiger partial charge in [0, 0.05) is 17.8 Å². The summed E-state index contributed by atoms with van der Waals surface area (Å²) in [7, 11) is 0. The number of nitrogens with one attached hydrogen (secondary N) is 1. The van der Waals surface area contributed by atoms with E-state index in [1.807, 2.05) is 38.1 Å². The molecule has 1 N–H and O–H groups in total. The first-order valence-electron chi connectivity index (χ1n) is 8.38. The highest BCUT2D eigenvalue weighted by Gasteiger charge is 2.36. The fraction of sp³-hybridized carbons (Fsp3) is 0.333. The van der Waals surface area contributed by atoms with Crippen molar-refractivity contribution in [1.82, 2.24) is 15.3 Å². The molecule has 0 radical (unpaired) electrons. The zero-order valence-electron chi connectivity index (χ0n) is 14.5. The lowest BCUT2D eigenvalue weighted by Gasteiger charge is -2.13. The second-order valence-corrected chi connectivity index (χ2v) is 8.63. The molecule has 6 nitrogen and oxygen atoms in total. The van der Waals surface area contributed by atoms with Crippen LogP contribution in [0.25, 0.3) is 10.2 Å². The molecule has 0 spiro atoms. The fourth-order valence-corrected chi connectivity index (χ4v) is 4.96. The van der Waals surface area contributed by atoms with Crippen molar-refractivity contribution < 1.29 is 9.59 Å². The van der Waals surface area contributed by atoms with Crippen LogP contribution in [0.5, 0.6) is 0 Å². The van der Waals surface area contributed by atoms with E-state index in [0.29, 0.717) is 18.2 Å². The zero-order valence-corrected chi connectivity index (χ0v) is 16.1. The average molecular weight is 387 g/mol. The molecule has 4 rings (SSSR count). The number of para-hydroxylation sites is 1. The number of fused-ring (bicyclic) bond motifs is 1. The number of amides is 2. The molecule has 1 fully saturated rings. The Bertz CT molecular complexity index is 961. The van der Waals surface area contributed by atoms with Crippen LogP contribution in [-0.2, 0) is 16.1 Å². The molecule has 134 valence electrons. The van der Waals surface area contributed by atoms with E-state index < -0.39 is 0 Å². The lowest BCUT2D eigenvalue weighted by molar-refractivity contribution is -0.126. The van der Waals surface area contributed by atoms with E-state index in [2.05, 4.69) is 15.3 Å². The highest BCUT2D eigenvalue weighted by Crippen LogP contribution is 2.32. The van der Waals surface area contributed by atoms with Crippen molar-refractivity contribution in [3.63, 3.8) is 0 Å². The van der Waals surface area contributed by atoms with Crippen LogP contribution in [0.2, 0.25) is 0 Å². The summed E-state index contributed by atoms with van der Waals surface area (Å²) in [5.41, 5.74) is 1.83. The minimum Gasteiger partial charge on any atom is -0.351 e. The molecule has 0 aliphatic carbocycles. The number of carbonyl (C=O) groups excluding carboxylic acids is 2. The molecule has 3 heterocycles. The van der Waals surface area contributed by atoms with E-state index in [0.717, 1.165) is 25.8 Å². The van der Waals surface area contributed by atoms with Crippen molar-refractivity contribution in [1.29, 1.82) is 0 Å². The summed E-state index contributed by atoms with van der Waals surface area (Å²) in [5, 5.41) is 4.61. The highest BCUT2D eigenvalue weighted by molar-refractivity contribution is 7.22. The number of anilines is 1. The van der Waals surface area contributed by atoms with Crippen molar-refractivity contribution >= 4 is 49.8 Å². The van der Waals surface area contributed by atoms with Gasteiger partial charge in [0.2, 0.25) is 11.8 Å². The molecule has 1 unspecified atom stereocenters. The lowest BCUT2D eigenvalue weighted by atomic mass is 10.1. The Kier molecular flexibility index (Phi) is 4.46. The minimum absolute atomic E-state index is 0.0472. The number of aromatic nitrogens is 2. The summed E-state index contributed by atoms with van der Waals surface area (Å²) in [6.45, 7) is 4.74. The molecule has 1 saturated heterocycles. The predicted octanol–water partition coefficient (Wildman–Crippen LogP) is 3.04. The maximum atomic E-state index is 12.5. The monoisotopic (exact) mass is 386 g/mol. The van der Waals surface area contributed by atoms with Crippen LogP contribution in [0.3, 0.4) is 0 Å². The second kappa shape index (κ2) is 6.77. The number of aryl methyl sites for hydroxylation is 2. The third-order valence-electron chi connectivity index (χ3n) is 4.43. The standard InChI is InChI=1S/C18H18N4O2S2/c1-10-15(25-11(2)20-10)8-19-17(24)12-7-16(23)22(9-12)18-21-13-5-3-4-6-14(13)26-18/h3-6,12H,7-9H2,1-2H3,(H,19,24). The second-order valence-electron chi connectivity index (χ2n) is 6.33. The maximum Gasteiger partial charge on any atom is 0.229 e. The quantitative estimate of drug-likeness (QED) is 0.748. The van der Waals surface area contributed by atoms with Crippen molar-refractivity contribution in [3.8, 4) is 0 Å². The molecular formula is C18H18N4O2S2. The van der Waals surface area contributed by atoms with Crippen LogP contribution < -0.4 is 10.2 Å². The molecule has 26 heavy (non-hydrogen) atoms. The summed E-state index contributed by atoms with van der Waals surface area (Å²) in [6.07, 6.45) is 0.225. The van der Waals surface area contributed by atoms with Gasteiger partial charge in [0.25, 0.3) is 0 Å². The molecule has 1 aromatic carbocycles. The highest BCUT2D eigenvalue weighted by atomic mass is 32.1. The van der Waals surface area contributed by atoms with Crippen LogP contribution in [0, 0.1) is 19.8 Å². The number of rotatable bonds is 4. The number of hydrogen-bond donors (Lipinski definition) is 1. The van der Waals surface area contributed by atoms with Crippen molar-refractivity contribution in [2.45, 2.75) is 26.8 Å². The Labute approximate surface area is 158 Å². The molecule has 2 aromatic heterocycles. The number of hydrogen-bond acceptors (Lipinski definition) is 6. The summed E-state index contributed by atoms with van der Waals surface area (Å²) in [5.74, 6) is -0.481. The Morgan fingerprint density at radius 3 is 2.81 bits per heavy atom. The van der Waals surface area contributed by atoms with Crippen molar-refractivity contribution in [2.24, 2.45) is 5.92 Å². The Morgan fingerprint density at radius 2 is 2.08 bits per heavy atom. The zero-order chi connectivity index (χ0) is 18.3. The summed E-state index contributed by atoms with van der Waals surface area (Å²) >= 11 is 3.07. The van der Waals surface area contributed by atoms with Gasteiger partial charge in [0.05, 0.1) is 33.4 Å². The van der Waals surface area contributed by atoms with Crippen molar-refractivity contribution in [3.05, 3.63) is 39.8 Å². The van der Waals surface area contributed by atoms with E-state index in [9.17, 15) is 9.59 Å². The topological polar surface area (TPSA) is 75.2 Å². The molecule has 1 aliphatic heterocycles. The third-order valence-corrected chi connectivity index (χ3v) is 6.56. The van der Waals surface area contributed by atoms with Crippen LogP contribution in [0.15, 0.2) is 24.3 Å². The summed E-state index contributed by atoms with van der Waals surface area (Å²) in [4.78, 5) is 36.5. The first-order chi connectivity index (χ1) is 12.5. The number of nitrogens with zero attached hydrogens (tertiary/aromatic N) is 3. The van der Waals surface area contributed by atoms with Gasteiger partial charge in [-0.3, -0.25) is 14.5 Å². The number of thiazole rings is 2. The lowest BCUT2D eigenvalue weighted by Crippen LogP contribution is -2.32. The Balaban J connectivity index is 1.43.